The van der Waals surface area contributed by atoms with E-state index in [0.29, 0.717) is 29.8 Å². The Kier molecular flexibility index (Phi) is 8.36. The van der Waals surface area contributed by atoms with Crippen molar-refractivity contribution in [1.82, 2.24) is 14.8 Å². The third-order valence-corrected chi connectivity index (χ3v) is 6.24. The Bertz CT molecular complexity index is 1360. The number of amides is 2. The molecule has 36 heavy (non-hydrogen) atoms. The molecule has 0 unspecified atom stereocenters. The van der Waals surface area contributed by atoms with Gasteiger partial charge in [-0.25, -0.2) is 0 Å². The maximum Gasteiger partial charge on any atom is 0.234 e. The smallest absolute Gasteiger partial charge is 0.234 e. The maximum atomic E-state index is 12.7. The van der Waals surface area contributed by atoms with Crippen LogP contribution in [-0.2, 0) is 22.6 Å². The fraction of sp³-hybridized carbons (Fsp3) is 0.185. The van der Waals surface area contributed by atoms with Crippen LogP contribution >= 0.6 is 11.8 Å². The van der Waals surface area contributed by atoms with Gasteiger partial charge in [-0.3, -0.25) is 9.59 Å². The molecule has 184 valence electrons. The summed E-state index contributed by atoms with van der Waals surface area (Å²) in [7, 11) is 0. The molecule has 9 heteroatoms. The number of nitrogens with zero attached hydrogens (tertiary/aromatic N) is 3. The van der Waals surface area contributed by atoms with E-state index in [4.69, 9.17) is 4.74 Å². The van der Waals surface area contributed by atoms with Gasteiger partial charge in [0.25, 0.3) is 0 Å². The van der Waals surface area contributed by atoms with Crippen molar-refractivity contribution in [3.8, 4) is 5.75 Å². The molecule has 1 heterocycles. The van der Waals surface area contributed by atoms with Gasteiger partial charge in [0, 0.05) is 23.3 Å². The number of thioether (sulfide) groups is 1. The first-order valence-electron chi connectivity index (χ1n) is 11.5. The Labute approximate surface area is 213 Å². The number of carbonyl (C=O) groups excluding carboxylic acids is 2. The molecule has 2 amide bonds. The molecule has 0 aliphatic rings. The summed E-state index contributed by atoms with van der Waals surface area (Å²) >= 11 is 1.26. The second-order valence-corrected chi connectivity index (χ2v) is 8.79. The summed E-state index contributed by atoms with van der Waals surface area (Å²) in [4.78, 5) is 25.3. The molecule has 0 aliphatic heterocycles. The molecule has 8 nitrogen and oxygen atoms in total. The highest BCUT2D eigenvalue weighted by Crippen LogP contribution is 2.24. The van der Waals surface area contributed by atoms with Crippen molar-refractivity contribution < 1.29 is 14.3 Å². The highest BCUT2D eigenvalue weighted by atomic mass is 32.2. The minimum absolute atomic E-state index is 0.0385. The van der Waals surface area contributed by atoms with Crippen LogP contribution in [0.5, 0.6) is 5.75 Å². The number of aromatic nitrogens is 3. The Balaban J connectivity index is 1.37. The second-order valence-electron chi connectivity index (χ2n) is 7.84. The van der Waals surface area contributed by atoms with Gasteiger partial charge in [-0.05, 0) is 42.6 Å². The predicted octanol–water partition coefficient (Wildman–Crippen LogP) is 4.93. The Morgan fingerprint density at radius 1 is 1.00 bits per heavy atom. The first-order valence-corrected chi connectivity index (χ1v) is 12.5. The number of nitrogens with one attached hydrogen (secondary N) is 2. The van der Waals surface area contributed by atoms with E-state index in [-0.39, 0.29) is 24.0 Å². The van der Waals surface area contributed by atoms with Crippen molar-refractivity contribution in [2.24, 2.45) is 0 Å². The van der Waals surface area contributed by atoms with Crippen molar-refractivity contribution >= 4 is 45.7 Å². The second kappa shape index (κ2) is 12.0. The summed E-state index contributed by atoms with van der Waals surface area (Å²) in [6.07, 6.45) is 1.74. The van der Waals surface area contributed by atoms with E-state index in [1.54, 1.807) is 34.9 Å². The quantitative estimate of drug-likeness (QED) is 0.223. The van der Waals surface area contributed by atoms with Crippen LogP contribution in [0.2, 0.25) is 0 Å². The van der Waals surface area contributed by atoms with Gasteiger partial charge < -0.3 is 19.9 Å². The van der Waals surface area contributed by atoms with Gasteiger partial charge in [-0.1, -0.05) is 54.2 Å². The number of hydrogen-bond donors (Lipinski definition) is 2. The van der Waals surface area contributed by atoms with Crippen LogP contribution in [0.1, 0.15) is 12.7 Å². The summed E-state index contributed by atoms with van der Waals surface area (Å²) in [5.41, 5.74) is 1.43. The zero-order chi connectivity index (χ0) is 25.3. The van der Waals surface area contributed by atoms with E-state index in [1.807, 2.05) is 49.4 Å². The zero-order valence-corrected chi connectivity index (χ0v) is 20.8. The molecule has 0 saturated heterocycles. The fourth-order valence-corrected chi connectivity index (χ4v) is 4.44. The van der Waals surface area contributed by atoms with Gasteiger partial charge in [-0.2, -0.15) is 0 Å². The Morgan fingerprint density at radius 2 is 1.78 bits per heavy atom. The topological polar surface area (TPSA) is 98.1 Å². The summed E-state index contributed by atoms with van der Waals surface area (Å²) < 4.78 is 7.22. The molecule has 0 bridgehead atoms. The lowest BCUT2D eigenvalue weighted by molar-refractivity contribution is -0.116. The molecule has 4 aromatic rings. The molecular formula is C27H27N5O3S. The number of anilines is 2. The summed E-state index contributed by atoms with van der Waals surface area (Å²) in [6, 6.07) is 20.9. The lowest BCUT2D eigenvalue weighted by Crippen LogP contribution is -2.18. The lowest BCUT2D eigenvalue weighted by Gasteiger charge is -2.10. The van der Waals surface area contributed by atoms with Gasteiger partial charge in [-0.15, -0.1) is 16.8 Å². The van der Waals surface area contributed by atoms with Crippen molar-refractivity contribution in [3.63, 3.8) is 0 Å². The van der Waals surface area contributed by atoms with Crippen LogP contribution in [0, 0.1) is 0 Å². The third kappa shape index (κ3) is 6.31. The zero-order valence-electron chi connectivity index (χ0n) is 19.9. The molecule has 0 atom stereocenters. The summed E-state index contributed by atoms with van der Waals surface area (Å²) in [6.45, 7) is 6.71. The van der Waals surface area contributed by atoms with Gasteiger partial charge >= 0.3 is 0 Å². The SMILES string of the molecule is C=CCn1c(CC(=O)Nc2ccc(OCC)cc2)nnc1SCC(=O)Nc1cccc2ccccc12. The first-order chi connectivity index (χ1) is 17.6. The highest BCUT2D eigenvalue weighted by Gasteiger charge is 2.17. The molecule has 1 aromatic heterocycles. The van der Waals surface area contributed by atoms with Crippen LogP contribution in [0.3, 0.4) is 0 Å². The van der Waals surface area contributed by atoms with Crippen molar-refractivity contribution in [2.75, 3.05) is 23.0 Å². The molecule has 2 N–H and O–H groups in total. The van der Waals surface area contributed by atoms with Crippen LogP contribution in [0.25, 0.3) is 10.8 Å². The van der Waals surface area contributed by atoms with Crippen molar-refractivity contribution in [3.05, 3.63) is 85.2 Å². The van der Waals surface area contributed by atoms with E-state index >= 15 is 0 Å². The monoisotopic (exact) mass is 501 g/mol. The largest absolute Gasteiger partial charge is 0.494 e. The van der Waals surface area contributed by atoms with Crippen LogP contribution < -0.4 is 15.4 Å². The summed E-state index contributed by atoms with van der Waals surface area (Å²) in [5.74, 6) is 1.01. The van der Waals surface area contributed by atoms with Gasteiger partial charge in [0.05, 0.1) is 18.8 Å². The lowest BCUT2D eigenvalue weighted by atomic mass is 10.1. The number of carbonyl (C=O) groups is 2. The number of allylic oxidation sites excluding steroid dienone is 1. The maximum absolute atomic E-state index is 12.7. The normalized spacial score (nSPS) is 10.7. The van der Waals surface area contributed by atoms with Gasteiger partial charge in [0.2, 0.25) is 11.8 Å². The molecule has 0 radical (unpaired) electrons. The van der Waals surface area contributed by atoms with Crippen LogP contribution in [0.15, 0.2) is 84.5 Å². The van der Waals surface area contributed by atoms with Crippen molar-refractivity contribution in [2.45, 2.75) is 25.0 Å². The van der Waals surface area contributed by atoms with Gasteiger partial charge in [0.15, 0.2) is 5.16 Å². The van der Waals surface area contributed by atoms with E-state index in [1.165, 1.54) is 11.8 Å². The Morgan fingerprint density at radius 3 is 2.56 bits per heavy atom. The summed E-state index contributed by atoms with van der Waals surface area (Å²) in [5, 5.41) is 16.8. The van der Waals surface area contributed by atoms with E-state index in [2.05, 4.69) is 27.4 Å². The average molecular weight is 502 g/mol. The van der Waals surface area contributed by atoms with Crippen LogP contribution in [0.4, 0.5) is 11.4 Å². The number of ether oxygens (including phenoxy) is 1. The minimum Gasteiger partial charge on any atom is -0.494 e. The average Bonchev–Trinajstić information content (AvgIpc) is 3.25. The predicted molar refractivity (Wildman–Crippen MR) is 143 cm³/mol. The molecule has 0 fully saturated rings. The standard InChI is InChI=1S/C27H27N5O3S/c1-3-16-32-24(17-25(33)28-20-12-14-21(15-13-20)35-4-2)30-31-27(32)36-18-26(34)29-23-11-7-9-19-8-5-6-10-22(19)23/h3,5-15H,1,4,16-18H2,2H3,(H,28,33)(H,29,34). The third-order valence-electron chi connectivity index (χ3n) is 5.27. The van der Waals surface area contributed by atoms with E-state index in [9.17, 15) is 9.59 Å². The molecule has 3 aromatic carbocycles. The fourth-order valence-electron chi connectivity index (χ4n) is 3.67. The molecule has 0 aliphatic carbocycles. The first kappa shape index (κ1) is 25.0. The van der Waals surface area contributed by atoms with Crippen molar-refractivity contribution in [1.29, 1.82) is 0 Å². The number of benzene rings is 3. The van der Waals surface area contributed by atoms with Gasteiger partial charge in [0.1, 0.15) is 11.6 Å². The Hall–Kier alpha value is -4.11. The number of fused-ring (bicyclic) bond motifs is 1. The minimum atomic E-state index is -0.220. The highest BCUT2D eigenvalue weighted by molar-refractivity contribution is 7.99. The number of rotatable bonds is 11. The molecule has 0 saturated carbocycles. The van der Waals surface area contributed by atoms with Crippen LogP contribution in [-0.4, -0.2) is 38.9 Å². The molecular weight excluding hydrogens is 474 g/mol. The molecule has 4 rings (SSSR count). The van der Waals surface area contributed by atoms with E-state index < -0.39 is 0 Å². The van der Waals surface area contributed by atoms with E-state index in [0.717, 1.165) is 22.2 Å². The number of hydrogen-bond acceptors (Lipinski definition) is 6. The molecule has 0 spiro atoms.